The van der Waals surface area contributed by atoms with Gasteiger partial charge in [-0.2, -0.15) is 13.2 Å². The molecule has 1 aliphatic rings. The average molecular weight is 259 g/mol. The number of rotatable bonds is 5. The van der Waals surface area contributed by atoms with Gasteiger partial charge in [0.1, 0.15) is 11.9 Å². The lowest BCUT2D eigenvalue weighted by Gasteiger charge is -2.16. The molecule has 0 bridgehead atoms. The van der Waals surface area contributed by atoms with E-state index >= 15 is 0 Å². The van der Waals surface area contributed by atoms with Crippen LogP contribution < -0.4 is 10.1 Å². The molecule has 1 N–H and O–H groups in total. The minimum Gasteiger partial charge on any atom is -0.489 e. The highest BCUT2D eigenvalue weighted by Gasteiger charge is 2.30. The summed E-state index contributed by atoms with van der Waals surface area (Å²) >= 11 is 0. The number of nitrogens with one attached hydrogen (secondary N) is 1. The van der Waals surface area contributed by atoms with Gasteiger partial charge in [-0.05, 0) is 38.0 Å². The van der Waals surface area contributed by atoms with E-state index in [-0.39, 0.29) is 11.9 Å². The number of hydrogen-bond acceptors (Lipinski definition) is 2. The number of benzene rings is 1. The number of ether oxygens (including phenoxy) is 1. The maximum absolute atomic E-state index is 12.5. The molecule has 18 heavy (non-hydrogen) atoms. The fourth-order valence-electron chi connectivity index (χ4n) is 1.64. The highest BCUT2D eigenvalue weighted by atomic mass is 19.4. The van der Waals surface area contributed by atoms with Crippen molar-refractivity contribution in [2.24, 2.45) is 0 Å². The molecule has 0 heterocycles. The summed E-state index contributed by atoms with van der Waals surface area (Å²) in [5.74, 6) is 0.259. The Bertz CT molecular complexity index is 401. The van der Waals surface area contributed by atoms with Crippen LogP contribution in [0.1, 0.15) is 25.3 Å². The summed E-state index contributed by atoms with van der Waals surface area (Å²) in [5.41, 5.74) is -0.678. The van der Waals surface area contributed by atoms with E-state index in [2.05, 4.69) is 5.32 Å². The zero-order valence-corrected chi connectivity index (χ0v) is 10.1. The summed E-state index contributed by atoms with van der Waals surface area (Å²) in [5, 5.41) is 3.27. The molecule has 1 atom stereocenters. The van der Waals surface area contributed by atoms with Crippen LogP contribution in [-0.2, 0) is 6.18 Å². The molecular weight excluding hydrogens is 243 g/mol. The molecule has 0 spiro atoms. The van der Waals surface area contributed by atoms with Gasteiger partial charge >= 0.3 is 6.18 Å². The topological polar surface area (TPSA) is 21.3 Å². The van der Waals surface area contributed by atoms with Gasteiger partial charge in [0.05, 0.1) is 5.56 Å². The maximum atomic E-state index is 12.5. The predicted molar refractivity (Wildman–Crippen MR) is 62.6 cm³/mol. The van der Waals surface area contributed by atoms with Crippen molar-refractivity contribution in [3.63, 3.8) is 0 Å². The summed E-state index contributed by atoms with van der Waals surface area (Å²) in [7, 11) is 0. The first-order valence-electron chi connectivity index (χ1n) is 6.02. The number of halogens is 3. The van der Waals surface area contributed by atoms with Crippen LogP contribution in [0.2, 0.25) is 0 Å². The Morgan fingerprint density at radius 3 is 2.72 bits per heavy atom. The molecule has 2 nitrogen and oxygen atoms in total. The Morgan fingerprint density at radius 2 is 2.11 bits per heavy atom. The molecule has 1 fully saturated rings. The van der Waals surface area contributed by atoms with Crippen molar-refractivity contribution < 1.29 is 17.9 Å². The molecule has 0 aromatic heterocycles. The van der Waals surface area contributed by atoms with Gasteiger partial charge in [-0.25, -0.2) is 0 Å². The summed E-state index contributed by atoms with van der Waals surface area (Å²) < 4.78 is 43.0. The molecule has 5 heteroatoms. The molecule has 0 saturated heterocycles. The van der Waals surface area contributed by atoms with Crippen LogP contribution in [-0.4, -0.2) is 18.7 Å². The van der Waals surface area contributed by atoms with Gasteiger partial charge in [-0.15, -0.1) is 0 Å². The largest absolute Gasteiger partial charge is 0.489 e. The van der Waals surface area contributed by atoms with E-state index in [4.69, 9.17) is 4.74 Å². The Balaban J connectivity index is 1.91. The lowest BCUT2D eigenvalue weighted by molar-refractivity contribution is -0.137. The average Bonchev–Trinajstić information content (AvgIpc) is 3.09. The van der Waals surface area contributed by atoms with E-state index in [1.165, 1.54) is 18.9 Å². The van der Waals surface area contributed by atoms with Gasteiger partial charge < -0.3 is 10.1 Å². The Morgan fingerprint density at radius 1 is 1.39 bits per heavy atom. The fourth-order valence-corrected chi connectivity index (χ4v) is 1.64. The Hall–Kier alpha value is -1.23. The second-order valence-electron chi connectivity index (χ2n) is 4.64. The lowest BCUT2D eigenvalue weighted by atomic mass is 10.2. The van der Waals surface area contributed by atoms with Crippen molar-refractivity contribution in [2.45, 2.75) is 38.1 Å². The smallest absolute Gasteiger partial charge is 0.416 e. The summed E-state index contributed by atoms with van der Waals surface area (Å²) in [4.78, 5) is 0. The molecular formula is C13H16F3NO. The zero-order valence-electron chi connectivity index (χ0n) is 10.1. The van der Waals surface area contributed by atoms with Crippen molar-refractivity contribution in [2.75, 3.05) is 6.54 Å². The van der Waals surface area contributed by atoms with Gasteiger partial charge in [0.15, 0.2) is 0 Å². The predicted octanol–water partition coefficient (Wildman–Crippen LogP) is 3.22. The third-order valence-corrected chi connectivity index (χ3v) is 2.77. The summed E-state index contributed by atoms with van der Waals surface area (Å²) in [6.07, 6.45) is -2.12. The second kappa shape index (κ2) is 5.18. The molecule has 1 aromatic rings. The summed E-state index contributed by atoms with van der Waals surface area (Å²) in [6, 6.07) is 5.55. The molecule has 0 aliphatic heterocycles. The molecule has 1 unspecified atom stereocenters. The number of alkyl halides is 3. The van der Waals surface area contributed by atoms with Gasteiger partial charge in [-0.1, -0.05) is 6.07 Å². The molecule has 100 valence electrons. The highest BCUT2D eigenvalue weighted by Crippen LogP contribution is 2.31. The highest BCUT2D eigenvalue weighted by molar-refractivity contribution is 5.30. The van der Waals surface area contributed by atoms with Gasteiger partial charge in [0.2, 0.25) is 0 Å². The zero-order chi connectivity index (χ0) is 13.2. The van der Waals surface area contributed by atoms with Crippen molar-refractivity contribution in [1.82, 2.24) is 5.32 Å². The molecule has 1 saturated carbocycles. The third kappa shape index (κ3) is 3.91. The van der Waals surface area contributed by atoms with Crippen molar-refractivity contribution >= 4 is 0 Å². The lowest BCUT2D eigenvalue weighted by Crippen LogP contribution is -2.30. The van der Waals surface area contributed by atoms with E-state index in [1.54, 1.807) is 6.07 Å². The van der Waals surface area contributed by atoms with E-state index in [1.807, 2.05) is 6.92 Å². The standard InChI is InChI=1S/C13H16F3NO/c1-9(8-17-11-5-6-11)18-12-4-2-3-10(7-12)13(14,15)16/h2-4,7,9,11,17H,5-6,8H2,1H3. The van der Waals surface area contributed by atoms with Crippen LogP contribution in [0, 0.1) is 0 Å². The molecule has 0 radical (unpaired) electrons. The molecule has 1 aromatic carbocycles. The monoisotopic (exact) mass is 259 g/mol. The quantitative estimate of drug-likeness (QED) is 0.876. The normalized spacial score (nSPS) is 17.6. The van der Waals surface area contributed by atoms with Crippen LogP contribution in [0.15, 0.2) is 24.3 Å². The SMILES string of the molecule is CC(CNC1CC1)Oc1cccc(C(F)(F)F)c1. The van der Waals surface area contributed by atoms with E-state index < -0.39 is 11.7 Å². The Kier molecular flexibility index (Phi) is 3.80. The van der Waals surface area contributed by atoms with Crippen LogP contribution >= 0.6 is 0 Å². The van der Waals surface area contributed by atoms with Crippen LogP contribution in [0.3, 0.4) is 0 Å². The fraction of sp³-hybridized carbons (Fsp3) is 0.538. The third-order valence-electron chi connectivity index (χ3n) is 2.77. The summed E-state index contributed by atoms with van der Waals surface area (Å²) in [6.45, 7) is 2.50. The molecule has 1 aliphatic carbocycles. The van der Waals surface area contributed by atoms with Gasteiger partial charge in [-0.3, -0.25) is 0 Å². The van der Waals surface area contributed by atoms with Crippen LogP contribution in [0.25, 0.3) is 0 Å². The van der Waals surface area contributed by atoms with E-state index in [0.717, 1.165) is 12.1 Å². The van der Waals surface area contributed by atoms with Crippen molar-refractivity contribution in [3.8, 4) is 5.75 Å². The minimum absolute atomic E-state index is 0.144. The second-order valence-corrected chi connectivity index (χ2v) is 4.64. The number of hydrogen-bond donors (Lipinski definition) is 1. The maximum Gasteiger partial charge on any atom is 0.416 e. The molecule has 2 rings (SSSR count). The van der Waals surface area contributed by atoms with Crippen molar-refractivity contribution in [1.29, 1.82) is 0 Å². The van der Waals surface area contributed by atoms with Crippen LogP contribution in [0.4, 0.5) is 13.2 Å². The van der Waals surface area contributed by atoms with E-state index in [9.17, 15) is 13.2 Å². The van der Waals surface area contributed by atoms with E-state index in [0.29, 0.717) is 12.6 Å². The minimum atomic E-state index is -4.32. The first kappa shape index (κ1) is 13.2. The first-order valence-corrected chi connectivity index (χ1v) is 6.02. The first-order chi connectivity index (χ1) is 8.45. The molecule has 0 amide bonds. The van der Waals surface area contributed by atoms with Crippen LogP contribution in [0.5, 0.6) is 5.75 Å². The van der Waals surface area contributed by atoms with Crippen molar-refractivity contribution in [3.05, 3.63) is 29.8 Å². The van der Waals surface area contributed by atoms with Gasteiger partial charge in [0, 0.05) is 12.6 Å². The Labute approximate surface area is 104 Å². The van der Waals surface area contributed by atoms with Gasteiger partial charge in [0.25, 0.3) is 0 Å².